The van der Waals surface area contributed by atoms with Crippen LogP contribution in [0.3, 0.4) is 0 Å². The molecule has 2 atom stereocenters. The Labute approximate surface area is 118 Å². The van der Waals surface area contributed by atoms with Crippen molar-refractivity contribution in [1.82, 2.24) is 4.72 Å². The zero-order valence-corrected chi connectivity index (χ0v) is 12.6. The number of benzene rings is 1. The van der Waals surface area contributed by atoms with E-state index in [1.165, 1.54) is 6.07 Å². The second-order valence-electron chi connectivity index (χ2n) is 4.61. The Bertz CT molecular complexity index is 563. The van der Waals surface area contributed by atoms with Gasteiger partial charge in [-0.1, -0.05) is 31.9 Å². The molecule has 0 radical (unpaired) electrons. The van der Waals surface area contributed by atoms with Gasteiger partial charge < -0.3 is 5.73 Å². The summed E-state index contributed by atoms with van der Waals surface area (Å²) in [5.74, 6) is -0.853. The number of hydrogen-bond acceptors (Lipinski definition) is 3. The highest BCUT2D eigenvalue weighted by Crippen LogP contribution is 2.26. The van der Waals surface area contributed by atoms with Gasteiger partial charge in [0, 0.05) is 11.7 Å². The number of nitrogens with two attached hydrogens (primary N) is 1. The predicted molar refractivity (Wildman–Crippen MR) is 75.1 cm³/mol. The Hall–Kier alpha value is -0.850. The summed E-state index contributed by atoms with van der Waals surface area (Å²) >= 11 is 5.60. The molecule has 0 heterocycles. The predicted octanol–water partition coefficient (Wildman–Crippen LogP) is 2.77. The first-order chi connectivity index (χ1) is 8.69. The molecule has 0 amide bonds. The molecule has 1 aromatic rings. The number of anilines is 1. The minimum absolute atomic E-state index is 0.1000. The van der Waals surface area contributed by atoms with Gasteiger partial charge in [0.05, 0.1) is 5.02 Å². The third-order valence-corrected chi connectivity index (χ3v) is 4.98. The zero-order chi connectivity index (χ0) is 14.8. The maximum atomic E-state index is 13.8. The van der Waals surface area contributed by atoms with Crippen molar-refractivity contribution in [3.8, 4) is 0 Å². The molecule has 1 rings (SSSR count). The van der Waals surface area contributed by atoms with Gasteiger partial charge in [-0.3, -0.25) is 0 Å². The second kappa shape index (κ2) is 6.07. The van der Waals surface area contributed by atoms with Gasteiger partial charge in [0.2, 0.25) is 10.0 Å². The van der Waals surface area contributed by atoms with Gasteiger partial charge in [-0.15, -0.1) is 0 Å². The Morgan fingerprint density at radius 1 is 1.42 bits per heavy atom. The van der Waals surface area contributed by atoms with Crippen LogP contribution < -0.4 is 10.5 Å². The minimum atomic E-state index is -3.98. The van der Waals surface area contributed by atoms with Crippen LogP contribution in [0.25, 0.3) is 0 Å². The Morgan fingerprint density at radius 3 is 2.53 bits per heavy atom. The summed E-state index contributed by atoms with van der Waals surface area (Å²) in [4.78, 5) is -0.521. The van der Waals surface area contributed by atoms with E-state index in [1.54, 1.807) is 6.92 Å². The number of hydrogen-bond donors (Lipinski definition) is 2. The average molecular weight is 309 g/mol. The molecule has 0 spiro atoms. The third-order valence-electron chi connectivity index (χ3n) is 3.15. The van der Waals surface area contributed by atoms with E-state index in [-0.39, 0.29) is 22.7 Å². The van der Waals surface area contributed by atoms with E-state index in [0.29, 0.717) is 0 Å². The molecule has 0 aliphatic rings. The molecule has 0 saturated heterocycles. The van der Waals surface area contributed by atoms with Gasteiger partial charge in [0.1, 0.15) is 4.90 Å². The minimum Gasteiger partial charge on any atom is -0.399 e. The Kier molecular flexibility index (Phi) is 5.18. The normalized spacial score (nSPS) is 15.2. The molecule has 0 aromatic heterocycles. The Morgan fingerprint density at radius 2 is 2.00 bits per heavy atom. The molecular formula is C12H18ClFN2O2S. The molecule has 1 aromatic carbocycles. The van der Waals surface area contributed by atoms with Crippen molar-refractivity contribution in [2.45, 2.75) is 38.1 Å². The molecule has 108 valence electrons. The number of nitrogen functional groups attached to an aromatic ring is 1. The van der Waals surface area contributed by atoms with Gasteiger partial charge in [0.25, 0.3) is 0 Å². The van der Waals surface area contributed by atoms with Gasteiger partial charge in [0.15, 0.2) is 5.82 Å². The van der Waals surface area contributed by atoms with Crippen molar-refractivity contribution >= 4 is 27.3 Å². The average Bonchev–Trinajstić information content (AvgIpc) is 2.31. The van der Waals surface area contributed by atoms with Gasteiger partial charge >= 0.3 is 0 Å². The van der Waals surface area contributed by atoms with E-state index in [2.05, 4.69) is 4.72 Å². The molecule has 0 fully saturated rings. The van der Waals surface area contributed by atoms with Crippen LogP contribution in [0.15, 0.2) is 17.0 Å². The van der Waals surface area contributed by atoms with E-state index in [0.717, 1.165) is 12.5 Å². The smallest absolute Gasteiger partial charge is 0.243 e. The lowest BCUT2D eigenvalue weighted by Crippen LogP contribution is -2.37. The zero-order valence-electron chi connectivity index (χ0n) is 11.1. The molecule has 2 unspecified atom stereocenters. The van der Waals surface area contributed by atoms with E-state index < -0.39 is 20.7 Å². The molecule has 7 heteroatoms. The van der Waals surface area contributed by atoms with Crippen molar-refractivity contribution in [3.05, 3.63) is 23.0 Å². The molecule has 3 N–H and O–H groups in total. The summed E-state index contributed by atoms with van der Waals surface area (Å²) in [5.41, 5.74) is 5.60. The van der Waals surface area contributed by atoms with Crippen LogP contribution in [0.2, 0.25) is 5.02 Å². The first-order valence-corrected chi connectivity index (χ1v) is 7.82. The fraction of sp³-hybridized carbons (Fsp3) is 0.500. The highest BCUT2D eigenvalue weighted by Gasteiger charge is 2.25. The van der Waals surface area contributed by atoms with Crippen LogP contribution in [0.5, 0.6) is 0 Å². The van der Waals surface area contributed by atoms with Gasteiger partial charge in [-0.2, -0.15) is 0 Å². The monoisotopic (exact) mass is 308 g/mol. The number of halogens is 2. The Balaban J connectivity index is 3.14. The molecule has 0 bridgehead atoms. The largest absolute Gasteiger partial charge is 0.399 e. The van der Waals surface area contributed by atoms with Gasteiger partial charge in [-0.25, -0.2) is 17.5 Å². The quantitative estimate of drug-likeness (QED) is 0.822. The standard InChI is InChI=1S/C12H18ClFN2O2S/c1-4-7(2)8(3)16-19(17,18)11-6-9(15)5-10(13)12(11)14/h5-8,16H,4,15H2,1-3H3. The summed E-state index contributed by atoms with van der Waals surface area (Å²) in [6.07, 6.45) is 0.809. The number of sulfonamides is 1. The second-order valence-corrected chi connectivity index (χ2v) is 6.70. The summed E-state index contributed by atoms with van der Waals surface area (Å²) in [5, 5.41) is -0.309. The van der Waals surface area contributed by atoms with E-state index in [4.69, 9.17) is 17.3 Å². The van der Waals surface area contributed by atoms with Crippen molar-refractivity contribution < 1.29 is 12.8 Å². The highest BCUT2D eigenvalue weighted by molar-refractivity contribution is 7.89. The number of nitrogens with one attached hydrogen (secondary N) is 1. The van der Waals surface area contributed by atoms with E-state index in [9.17, 15) is 12.8 Å². The molecule has 0 saturated carbocycles. The molecule has 0 aliphatic carbocycles. The van der Waals surface area contributed by atoms with Crippen molar-refractivity contribution in [1.29, 1.82) is 0 Å². The molecule has 4 nitrogen and oxygen atoms in total. The maximum absolute atomic E-state index is 13.8. The van der Waals surface area contributed by atoms with Crippen molar-refractivity contribution in [3.63, 3.8) is 0 Å². The summed E-state index contributed by atoms with van der Waals surface area (Å²) in [7, 11) is -3.98. The molecule has 0 aliphatic heterocycles. The van der Waals surface area contributed by atoms with Crippen LogP contribution in [-0.4, -0.2) is 14.5 Å². The first kappa shape index (κ1) is 16.2. The fourth-order valence-electron chi connectivity index (χ4n) is 1.56. The topological polar surface area (TPSA) is 72.2 Å². The summed E-state index contributed by atoms with van der Waals surface area (Å²) in [6.45, 7) is 5.60. The van der Waals surface area contributed by atoms with E-state index in [1.807, 2.05) is 13.8 Å². The van der Waals surface area contributed by atoms with Crippen LogP contribution in [0.4, 0.5) is 10.1 Å². The summed E-state index contributed by atoms with van der Waals surface area (Å²) < 4.78 is 40.5. The lowest BCUT2D eigenvalue weighted by molar-refractivity contribution is 0.432. The highest BCUT2D eigenvalue weighted by atomic mass is 35.5. The molecular weight excluding hydrogens is 291 g/mol. The third kappa shape index (κ3) is 3.81. The first-order valence-electron chi connectivity index (χ1n) is 5.95. The van der Waals surface area contributed by atoms with Crippen LogP contribution >= 0.6 is 11.6 Å². The van der Waals surface area contributed by atoms with Gasteiger partial charge in [-0.05, 0) is 25.0 Å². The number of rotatable bonds is 5. The van der Waals surface area contributed by atoms with Crippen molar-refractivity contribution in [2.75, 3.05) is 5.73 Å². The van der Waals surface area contributed by atoms with Crippen LogP contribution in [0.1, 0.15) is 27.2 Å². The SMILES string of the molecule is CCC(C)C(C)NS(=O)(=O)c1cc(N)cc(Cl)c1F. The summed E-state index contributed by atoms with van der Waals surface area (Å²) in [6, 6.07) is 1.93. The fourth-order valence-corrected chi connectivity index (χ4v) is 3.33. The van der Waals surface area contributed by atoms with E-state index >= 15 is 0 Å². The molecule has 19 heavy (non-hydrogen) atoms. The van der Waals surface area contributed by atoms with Crippen LogP contribution in [-0.2, 0) is 10.0 Å². The van der Waals surface area contributed by atoms with Crippen LogP contribution in [0, 0.1) is 11.7 Å². The van der Waals surface area contributed by atoms with Crippen molar-refractivity contribution in [2.24, 2.45) is 5.92 Å². The maximum Gasteiger partial charge on any atom is 0.243 e. The lowest BCUT2D eigenvalue weighted by atomic mass is 10.0. The lowest BCUT2D eigenvalue weighted by Gasteiger charge is -2.20.